The zero-order valence-electron chi connectivity index (χ0n) is 23.2. The van der Waals surface area contributed by atoms with Crippen molar-refractivity contribution in [2.75, 3.05) is 18.4 Å². The van der Waals surface area contributed by atoms with Gasteiger partial charge in [0.25, 0.3) is 11.8 Å². The lowest BCUT2D eigenvalue weighted by Gasteiger charge is -2.20. The number of hydrogen-bond acceptors (Lipinski definition) is 8. The van der Waals surface area contributed by atoms with Gasteiger partial charge >= 0.3 is 11.9 Å². The molecule has 0 saturated carbocycles. The van der Waals surface area contributed by atoms with Crippen LogP contribution in [0.1, 0.15) is 58.5 Å². The fourth-order valence-corrected chi connectivity index (χ4v) is 5.06. The molecule has 2 aromatic rings. The molecule has 2 aliphatic heterocycles. The third kappa shape index (κ3) is 5.04. The first kappa shape index (κ1) is 27.6. The van der Waals surface area contributed by atoms with Gasteiger partial charge in [-0.3, -0.25) is 14.6 Å². The average Bonchev–Trinajstić information content (AvgIpc) is 3.25. The average molecular weight is 556 g/mol. The van der Waals surface area contributed by atoms with Crippen LogP contribution in [0, 0.1) is 13.8 Å². The maximum absolute atomic E-state index is 13.1. The monoisotopic (exact) mass is 555 g/mol. The van der Waals surface area contributed by atoms with E-state index in [9.17, 15) is 24.3 Å². The van der Waals surface area contributed by atoms with Gasteiger partial charge in [-0.25, -0.2) is 9.59 Å². The van der Waals surface area contributed by atoms with Crippen molar-refractivity contribution in [3.63, 3.8) is 0 Å². The number of amides is 2. The predicted octanol–water partition coefficient (Wildman–Crippen LogP) is 5.09. The molecule has 0 atom stereocenters. The Morgan fingerprint density at radius 1 is 1.00 bits per heavy atom. The largest absolute Gasteiger partial charge is 0.478 e. The summed E-state index contributed by atoms with van der Waals surface area (Å²) in [6.45, 7) is 9.05. The molecule has 1 saturated heterocycles. The van der Waals surface area contributed by atoms with E-state index in [1.54, 1.807) is 0 Å². The lowest BCUT2D eigenvalue weighted by atomic mass is 9.88. The predicted molar refractivity (Wildman–Crippen MR) is 151 cm³/mol. The molecular weight excluding hydrogens is 526 g/mol. The first-order valence-electron chi connectivity index (χ1n) is 13.3. The summed E-state index contributed by atoms with van der Waals surface area (Å²) < 4.78 is 6.36. The fraction of sp³-hybridized carbons (Fsp3) is 0.258. The van der Waals surface area contributed by atoms with Crippen LogP contribution in [0.5, 0.6) is 0 Å². The number of carbonyl (C=O) groups is 4. The summed E-state index contributed by atoms with van der Waals surface area (Å²) >= 11 is 0. The number of aryl methyl sites for hydroxylation is 2. The van der Waals surface area contributed by atoms with Crippen molar-refractivity contribution in [3.8, 4) is 22.5 Å². The second-order valence-corrected chi connectivity index (χ2v) is 9.81. The van der Waals surface area contributed by atoms with E-state index in [4.69, 9.17) is 9.25 Å². The Bertz CT molecular complexity index is 1770. The van der Waals surface area contributed by atoms with Gasteiger partial charge in [-0.2, -0.15) is 0 Å². The molecule has 210 valence electrons. The zero-order chi connectivity index (χ0) is 29.4. The molecule has 2 heterocycles. The number of hydroxylamine groups is 2. The van der Waals surface area contributed by atoms with E-state index < -0.39 is 23.8 Å². The van der Waals surface area contributed by atoms with E-state index in [0.29, 0.717) is 46.0 Å². The number of anilines is 1. The van der Waals surface area contributed by atoms with Gasteiger partial charge < -0.3 is 19.7 Å². The number of rotatable bonds is 7. The molecule has 2 aromatic carbocycles. The fourth-order valence-electron chi connectivity index (χ4n) is 5.06. The number of fused-ring (bicyclic) bond motifs is 2. The number of aromatic carboxylic acids is 1. The number of carbonyl (C=O) groups excluding carboxylic acids is 3. The van der Waals surface area contributed by atoms with E-state index in [-0.39, 0.29) is 29.5 Å². The number of benzene rings is 3. The Hall–Kier alpha value is -4.99. The van der Waals surface area contributed by atoms with Crippen molar-refractivity contribution in [1.82, 2.24) is 5.06 Å². The number of carboxylic acid groups (broad SMARTS) is 1. The van der Waals surface area contributed by atoms with Gasteiger partial charge in [-0.15, -0.1) is 5.06 Å². The number of nitrogens with one attached hydrogen (secondary N) is 1. The molecule has 10 heteroatoms. The Morgan fingerprint density at radius 3 is 2.39 bits per heavy atom. The van der Waals surface area contributed by atoms with Gasteiger partial charge in [-0.1, -0.05) is 0 Å². The van der Waals surface area contributed by atoms with Crippen LogP contribution < -0.4 is 10.7 Å². The zero-order valence-corrected chi connectivity index (χ0v) is 23.2. The van der Waals surface area contributed by atoms with Gasteiger partial charge in [0.1, 0.15) is 11.3 Å². The lowest BCUT2D eigenvalue weighted by molar-refractivity contribution is -0.172. The van der Waals surface area contributed by atoms with Crippen LogP contribution in [0.3, 0.4) is 0 Å². The third-order valence-electron chi connectivity index (χ3n) is 7.01. The Morgan fingerprint density at radius 2 is 1.73 bits per heavy atom. The summed E-state index contributed by atoms with van der Waals surface area (Å²) in [6, 6.07) is 11.5. The highest BCUT2D eigenvalue weighted by Crippen LogP contribution is 2.43. The molecule has 5 rings (SSSR count). The number of hydrogen-bond donors (Lipinski definition) is 2. The molecule has 3 aliphatic rings. The highest BCUT2D eigenvalue weighted by atomic mass is 16.7. The minimum atomic E-state index is -1.19. The quantitative estimate of drug-likeness (QED) is 0.237. The minimum absolute atomic E-state index is 0.0186. The minimum Gasteiger partial charge on any atom is -0.478 e. The smallest absolute Gasteiger partial charge is 0.363 e. The van der Waals surface area contributed by atoms with Gasteiger partial charge in [0, 0.05) is 60.3 Å². The number of carboxylic acids is 1. The molecule has 2 N–H and O–H groups in total. The van der Waals surface area contributed by atoms with Crippen molar-refractivity contribution in [2.24, 2.45) is 4.99 Å². The van der Waals surface area contributed by atoms with E-state index in [0.717, 1.165) is 22.2 Å². The van der Waals surface area contributed by atoms with Crippen LogP contribution >= 0.6 is 0 Å². The Kier molecular flexibility index (Phi) is 7.32. The molecule has 0 bridgehead atoms. The summed E-state index contributed by atoms with van der Waals surface area (Å²) in [6.07, 6.45) is -0.0820. The van der Waals surface area contributed by atoms with Crippen LogP contribution in [-0.2, 0) is 14.4 Å². The first-order valence-corrected chi connectivity index (χ1v) is 13.3. The van der Waals surface area contributed by atoms with Crippen molar-refractivity contribution >= 4 is 40.4 Å². The van der Waals surface area contributed by atoms with E-state index in [1.807, 2.05) is 52.0 Å². The van der Waals surface area contributed by atoms with E-state index in [1.165, 1.54) is 18.2 Å². The van der Waals surface area contributed by atoms with Gasteiger partial charge in [-0.05, 0) is 74.7 Å². The van der Waals surface area contributed by atoms with Crippen LogP contribution in [0.15, 0.2) is 51.9 Å². The summed E-state index contributed by atoms with van der Waals surface area (Å²) in [5.41, 5.74) is 4.56. The summed E-state index contributed by atoms with van der Waals surface area (Å²) in [7, 11) is 0. The highest BCUT2D eigenvalue weighted by molar-refractivity contribution is 6.10. The molecule has 0 unspecified atom stereocenters. The van der Waals surface area contributed by atoms with Crippen LogP contribution in [-0.4, -0.2) is 47.0 Å². The van der Waals surface area contributed by atoms with Crippen LogP contribution in [0.4, 0.5) is 5.69 Å². The standard InChI is InChI=1S/C31H29N3O7/c1-5-32-23-14-25-21(11-16(23)3)29(22-12-17(4)24(33-6-2)15-26(22)40-25)20-13-18(7-8-19(20)30(37)38)31(39)41-34-27(35)9-10-28(34)36/h7-8,11-15,32H,5-6,9-10H2,1-4H3,(H,37,38). The molecule has 10 nitrogen and oxygen atoms in total. The third-order valence-corrected chi connectivity index (χ3v) is 7.01. The maximum atomic E-state index is 13.1. The second kappa shape index (κ2) is 10.9. The van der Waals surface area contributed by atoms with Gasteiger partial charge in [0.05, 0.1) is 16.5 Å². The normalized spacial score (nSPS) is 13.9. The van der Waals surface area contributed by atoms with Crippen LogP contribution in [0.2, 0.25) is 0 Å². The molecule has 2 amide bonds. The molecule has 1 aliphatic carbocycles. The van der Waals surface area contributed by atoms with E-state index in [2.05, 4.69) is 10.3 Å². The molecular formula is C31H29N3O7. The summed E-state index contributed by atoms with van der Waals surface area (Å²) in [5, 5.41) is 15.4. The van der Waals surface area contributed by atoms with Crippen molar-refractivity contribution in [3.05, 3.63) is 70.1 Å². The van der Waals surface area contributed by atoms with Crippen molar-refractivity contribution in [1.29, 1.82) is 0 Å². The summed E-state index contributed by atoms with van der Waals surface area (Å²) in [4.78, 5) is 59.2. The number of imide groups is 1. The lowest BCUT2D eigenvalue weighted by Crippen LogP contribution is -2.32. The first-order chi connectivity index (χ1) is 19.6. The van der Waals surface area contributed by atoms with Crippen molar-refractivity contribution in [2.45, 2.75) is 40.5 Å². The maximum Gasteiger partial charge on any atom is 0.363 e. The number of nitrogens with zero attached hydrogens (tertiary/aromatic N) is 2. The molecule has 41 heavy (non-hydrogen) atoms. The molecule has 0 radical (unpaired) electrons. The second-order valence-electron chi connectivity index (χ2n) is 9.81. The molecule has 1 fully saturated rings. The Balaban J connectivity index is 1.81. The Labute approximate surface area is 235 Å². The van der Waals surface area contributed by atoms with Gasteiger partial charge in [0.15, 0.2) is 0 Å². The van der Waals surface area contributed by atoms with Crippen LogP contribution in [0.25, 0.3) is 33.4 Å². The molecule has 0 aromatic heterocycles. The van der Waals surface area contributed by atoms with Crippen molar-refractivity contribution < 1.29 is 33.5 Å². The highest BCUT2D eigenvalue weighted by Gasteiger charge is 2.33. The topological polar surface area (TPSA) is 139 Å². The molecule has 0 spiro atoms. The SMILES string of the molecule is CCN=c1cc2oc3cc(NCC)c(C)cc3c(-c3cc(C(=O)ON4C(=O)CCC4=O)ccc3C(=O)O)c-2cc1C. The summed E-state index contributed by atoms with van der Waals surface area (Å²) in [5.74, 6) is -2.87. The van der Waals surface area contributed by atoms with E-state index >= 15 is 0 Å². The van der Waals surface area contributed by atoms with Gasteiger partial charge in [0.2, 0.25) is 0 Å².